The maximum atomic E-state index is 12.8. The van der Waals surface area contributed by atoms with Crippen LogP contribution in [0.3, 0.4) is 0 Å². The standard InChI is InChI=1S/C19H20N4O2/c1-12-8-13(2)21-19(20-12)22-10-15-16(11-22)18(25)23(17(15)24)9-14-6-4-3-5-7-14/h3-8,15-16H,9-11H2,1-2H3/t15-,16+. The van der Waals surface area contributed by atoms with Gasteiger partial charge in [-0.3, -0.25) is 14.5 Å². The van der Waals surface area contributed by atoms with E-state index in [0.29, 0.717) is 25.6 Å². The van der Waals surface area contributed by atoms with Gasteiger partial charge in [-0.25, -0.2) is 9.97 Å². The first-order chi connectivity index (χ1) is 12.0. The van der Waals surface area contributed by atoms with Crippen molar-refractivity contribution in [1.82, 2.24) is 14.9 Å². The van der Waals surface area contributed by atoms with Crippen molar-refractivity contribution in [2.45, 2.75) is 20.4 Å². The highest BCUT2D eigenvalue weighted by molar-refractivity contribution is 6.06. The highest BCUT2D eigenvalue weighted by Crippen LogP contribution is 2.35. The Morgan fingerprint density at radius 2 is 1.52 bits per heavy atom. The lowest BCUT2D eigenvalue weighted by Gasteiger charge is -2.21. The maximum absolute atomic E-state index is 12.8. The first-order valence-corrected chi connectivity index (χ1v) is 8.49. The number of hydrogen-bond donors (Lipinski definition) is 0. The number of carbonyl (C=O) groups excluding carboxylic acids is 2. The molecule has 0 unspecified atom stereocenters. The largest absolute Gasteiger partial charge is 0.339 e. The van der Waals surface area contributed by atoms with E-state index >= 15 is 0 Å². The zero-order valence-corrected chi connectivity index (χ0v) is 14.3. The quantitative estimate of drug-likeness (QED) is 0.799. The smallest absolute Gasteiger partial charge is 0.235 e. The predicted octanol–water partition coefficient (Wildman–Crippen LogP) is 1.71. The van der Waals surface area contributed by atoms with Gasteiger partial charge in [-0.2, -0.15) is 0 Å². The normalized spacial score (nSPS) is 22.6. The van der Waals surface area contributed by atoms with E-state index in [-0.39, 0.29) is 23.7 Å². The van der Waals surface area contributed by atoms with Gasteiger partial charge in [-0.05, 0) is 25.5 Å². The van der Waals surface area contributed by atoms with Gasteiger partial charge < -0.3 is 4.90 Å². The van der Waals surface area contributed by atoms with Crippen molar-refractivity contribution in [2.75, 3.05) is 18.0 Å². The Balaban J connectivity index is 1.52. The Labute approximate surface area is 146 Å². The van der Waals surface area contributed by atoms with E-state index < -0.39 is 0 Å². The van der Waals surface area contributed by atoms with Gasteiger partial charge in [0.25, 0.3) is 0 Å². The summed E-state index contributed by atoms with van der Waals surface area (Å²) in [5, 5.41) is 0. The molecular weight excluding hydrogens is 316 g/mol. The number of carbonyl (C=O) groups is 2. The van der Waals surface area contributed by atoms with Crippen LogP contribution in [0.25, 0.3) is 0 Å². The van der Waals surface area contributed by atoms with Crippen LogP contribution >= 0.6 is 0 Å². The molecule has 2 fully saturated rings. The van der Waals surface area contributed by atoms with Crippen molar-refractivity contribution in [2.24, 2.45) is 11.8 Å². The van der Waals surface area contributed by atoms with Crippen molar-refractivity contribution < 1.29 is 9.59 Å². The topological polar surface area (TPSA) is 66.4 Å². The van der Waals surface area contributed by atoms with Gasteiger partial charge in [-0.15, -0.1) is 0 Å². The van der Waals surface area contributed by atoms with Crippen molar-refractivity contribution >= 4 is 17.8 Å². The van der Waals surface area contributed by atoms with Gasteiger partial charge in [0.1, 0.15) is 0 Å². The Kier molecular flexibility index (Phi) is 3.75. The number of likely N-dealkylation sites (tertiary alicyclic amines) is 1. The molecule has 0 bridgehead atoms. The molecule has 2 aliphatic rings. The molecule has 2 amide bonds. The van der Waals surface area contributed by atoms with Gasteiger partial charge >= 0.3 is 0 Å². The Morgan fingerprint density at radius 1 is 0.960 bits per heavy atom. The molecule has 2 aromatic rings. The number of aromatic nitrogens is 2. The Hall–Kier alpha value is -2.76. The monoisotopic (exact) mass is 336 g/mol. The number of rotatable bonds is 3. The molecule has 25 heavy (non-hydrogen) atoms. The summed E-state index contributed by atoms with van der Waals surface area (Å²) in [6.45, 7) is 5.21. The van der Waals surface area contributed by atoms with Gasteiger partial charge in [-0.1, -0.05) is 30.3 Å². The number of nitrogens with zero attached hydrogens (tertiary/aromatic N) is 4. The zero-order chi connectivity index (χ0) is 17.6. The van der Waals surface area contributed by atoms with E-state index in [1.54, 1.807) is 0 Å². The van der Waals surface area contributed by atoms with Crippen LogP contribution in [-0.2, 0) is 16.1 Å². The lowest BCUT2D eigenvalue weighted by atomic mass is 10.00. The molecule has 4 rings (SSSR count). The van der Waals surface area contributed by atoms with Gasteiger partial charge in [0.15, 0.2) is 0 Å². The predicted molar refractivity (Wildman–Crippen MR) is 92.7 cm³/mol. The fourth-order valence-electron chi connectivity index (χ4n) is 3.75. The molecule has 3 heterocycles. The van der Waals surface area contributed by atoms with Crippen LogP contribution in [0.15, 0.2) is 36.4 Å². The van der Waals surface area contributed by atoms with E-state index in [0.717, 1.165) is 17.0 Å². The average molecular weight is 336 g/mol. The lowest BCUT2D eigenvalue weighted by Crippen LogP contribution is -2.36. The third-order valence-corrected chi connectivity index (χ3v) is 4.92. The van der Waals surface area contributed by atoms with Crippen molar-refractivity contribution in [3.63, 3.8) is 0 Å². The summed E-state index contributed by atoms with van der Waals surface area (Å²) in [4.78, 5) is 37.8. The van der Waals surface area contributed by atoms with Gasteiger partial charge in [0.2, 0.25) is 17.8 Å². The van der Waals surface area contributed by atoms with E-state index in [9.17, 15) is 9.59 Å². The number of fused-ring (bicyclic) bond motifs is 1. The third-order valence-electron chi connectivity index (χ3n) is 4.92. The van der Waals surface area contributed by atoms with Crippen LogP contribution in [-0.4, -0.2) is 39.8 Å². The highest BCUT2D eigenvalue weighted by Gasteiger charge is 2.52. The van der Waals surface area contributed by atoms with E-state index in [2.05, 4.69) is 9.97 Å². The number of anilines is 1. The van der Waals surface area contributed by atoms with E-state index in [1.807, 2.05) is 55.1 Å². The lowest BCUT2D eigenvalue weighted by molar-refractivity contribution is -0.140. The molecule has 2 atom stereocenters. The summed E-state index contributed by atoms with van der Waals surface area (Å²) in [6, 6.07) is 11.5. The Bertz CT molecular complexity index is 792. The molecule has 0 saturated carbocycles. The summed E-state index contributed by atoms with van der Waals surface area (Å²) in [5.74, 6) is -0.125. The molecule has 0 N–H and O–H groups in total. The van der Waals surface area contributed by atoms with Crippen LogP contribution in [0.1, 0.15) is 17.0 Å². The fraction of sp³-hybridized carbons (Fsp3) is 0.368. The summed E-state index contributed by atoms with van der Waals surface area (Å²) < 4.78 is 0. The first-order valence-electron chi connectivity index (χ1n) is 8.49. The minimum Gasteiger partial charge on any atom is -0.339 e. The van der Waals surface area contributed by atoms with Crippen LogP contribution in [0, 0.1) is 25.7 Å². The van der Waals surface area contributed by atoms with Crippen LogP contribution in [0.5, 0.6) is 0 Å². The third kappa shape index (κ3) is 2.77. The maximum Gasteiger partial charge on any atom is 0.235 e. The molecule has 2 saturated heterocycles. The zero-order valence-electron chi connectivity index (χ0n) is 14.3. The molecule has 0 spiro atoms. The fourth-order valence-corrected chi connectivity index (χ4v) is 3.75. The minimum absolute atomic E-state index is 0.0780. The van der Waals surface area contributed by atoms with Crippen molar-refractivity contribution in [3.05, 3.63) is 53.3 Å². The van der Waals surface area contributed by atoms with Gasteiger partial charge in [0, 0.05) is 24.5 Å². The first kappa shape index (κ1) is 15.7. The number of hydrogen-bond acceptors (Lipinski definition) is 5. The minimum atomic E-state index is -0.291. The Morgan fingerprint density at radius 3 is 2.08 bits per heavy atom. The molecular formula is C19H20N4O2. The van der Waals surface area contributed by atoms with E-state index in [4.69, 9.17) is 0 Å². The molecule has 0 radical (unpaired) electrons. The second kappa shape index (κ2) is 5.95. The summed E-state index contributed by atoms with van der Waals surface area (Å²) in [5.41, 5.74) is 2.75. The van der Waals surface area contributed by atoms with Crippen LogP contribution in [0.2, 0.25) is 0 Å². The number of imide groups is 1. The highest BCUT2D eigenvalue weighted by atomic mass is 16.2. The molecule has 128 valence electrons. The van der Waals surface area contributed by atoms with Gasteiger partial charge in [0.05, 0.1) is 18.4 Å². The molecule has 0 aliphatic carbocycles. The second-order valence-corrected chi connectivity index (χ2v) is 6.82. The summed E-state index contributed by atoms with van der Waals surface area (Å²) >= 11 is 0. The SMILES string of the molecule is Cc1cc(C)nc(N2C[C@@H]3C(=O)N(Cc4ccccc4)C(=O)[C@@H]3C2)n1. The molecule has 1 aromatic heterocycles. The molecule has 6 heteroatoms. The average Bonchev–Trinajstić information content (AvgIpc) is 3.11. The van der Waals surface area contributed by atoms with Crippen LogP contribution < -0.4 is 4.90 Å². The summed E-state index contributed by atoms with van der Waals surface area (Å²) in [6.07, 6.45) is 0. The molecule has 1 aromatic carbocycles. The summed E-state index contributed by atoms with van der Waals surface area (Å²) in [7, 11) is 0. The number of aryl methyl sites for hydroxylation is 2. The van der Waals surface area contributed by atoms with Crippen molar-refractivity contribution in [3.8, 4) is 0 Å². The molecule has 6 nitrogen and oxygen atoms in total. The second-order valence-electron chi connectivity index (χ2n) is 6.82. The van der Waals surface area contributed by atoms with E-state index in [1.165, 1.54) is 4.90 Å². The number of benzene rings is 1. The van der Waals surface area contributed by atoms with Crippen LogP contribution in [0.4, 0.5) is 5.95 Å². The van der Waals surface area contributed by atoms with Crippen molar-refractivity contribution in [1.29, 1.82) is 0 Å². The molecule has 2 aliphatic heterocycles. The number of amides is 2.